The molecule has 0 bridgehead atoms. The molecule has 0 saturated heterocycles. The van der Waals surface area contributed by atoms with Crippen molar-refractivity contribution in [1.29, 1.82) is 0 Å². The highest BCUT2D eigenvalue weighted by Crippen LogP contribution is 2.46. The summed E-state index contributed by atoms with van der Waals surface area (Å²) in [5, 5.41) is 0. The third-order valence-corrected chi connectivity index (χ3v) is 3.77. The van der Waals surface area contributed by atoms with Gasteiger partial charge >= 0.3 is 0 Å². The Balaban J connectivity index is 3.15. The van der Waals surface area contributed by atoms with Crippen molar-refractivity contribution in [3.63, 3.8) is 0 Å². The molecule has 0 atom stereocenters. The monoisotopic (exact) mass is 575 g/mol. The number of hydrogen-bond acceptors (Lipinski definition) is 1. The van der Waals surface area contributed by atoms with E-state index in [0.29, 0.717) is 0 Å². The van der Waals surface area contributed by atoms with Gasteiger partial charge in [-0.2, -0.15) is 0 Å². The quantitative estimate of drug-likeness (QED) is 0.361. The summed E-state index contributed by atoms with van der Waals surface area (Å²) in [6, 6.07) is 5.73. The highest BCUT2D eigenvalue weighted by atomic mass is 80.0. The predicted molar refractivity (Wildman–Crippen MR) is 81.2 cm³/mol. The molecule has 1 rings (SSSR count). The van der Waals surface area contributed by atoms with E-state index >= 15 is 0 Å². The van der Waals surface area contributed by atoms with E-state index in [2.05, 4.69) is 101 Å². The topological polar surface area (TPSA) is 12.9 Å². The number of rotatable bonds is 0. The number of hydrogen-bond donors (Lipinski definition) is 0. The molecule has 0 aliphatic carbocycles. The molecule has 0 spiro atoms. The third kappa shape index (κ3) is 4.13. The second-order valence-corrected chi connectivity index (χ2v) is 15.9. The molecule has 7 heteroatoms. The Morgan fingerprint density at radius 1 is 0.786 bits per heavy atom. The smallest absolute Gasteiger partial charge is 0.176 e. The van der Waals surface area contributed by atoms with Crippen molar-refractivity contribution in [2.75, 3.05) is 0 Å². The van der Waals surface area contributed by atoms with Crippen molar-refractivity contribution in [2.24, 2.45) is 0 Å². The normalized spacial score (nSPS) is 13.0. The Morgan fingerprint density at radius 2 is 1.14 bits per heavy atom. The maximum absolute atomic E-state index is 4.43. The third-order valence-electron chi connectivity index (χ3n) is 1.33. The van der Waals surface area contributed by atoms with E-state index in [1.165, 1.54) is 0 Å². The van der Waals surface area contributed by atoms with E-state index in [-0.39, 0.29) is 0 Å². The van der Waals surface area contributed by atoms with E-state index in [1.54, 1.807) is 0 Å². The predicted octanol–water partition coefficient (Wildman–Crippen LogP) is 5.67. The van der Waals surface area contributed by atoms with Gasteiger partial charge in [0, 0.05) is 0 Å². The fraction of sp³-hybridized carbons (Fsp3) is 0.286. The minimum absolute atomic E-state index is 0.485. The first kappa shape index (κ1) is 14.1. The van der Waals surface area contributed by atoms with Gasteiger partial charge in [-0.3, -0.25) is 4.98 Å². The van der Waals surface area contributed by atoms with Crippen LogP contribution < -0.4 is 0 Å². The van der Waals surface area contributed by atoms with Gasteiger partial charge in [0.2, 0.25) is 0 Å². The summed E-state index contributed by atoms with van der Waals surface area (Å²) < 4.78 is -0.970. The van der Waals surface area contributed by atoms with Crippen LogP contribution in [0.5, 0.6) is 0 Å². The molecular weight excluding hydrogens is 578 g/mol. The van der Waals surface area contributed by atoms with Gasteiger partial charge in [0.1, 0.15) is 0 Å². The van der Waals surface area contributed by atoms with E-state index in [0.717, 1.165) is 11.4 Å². The molecule has 1 aromatic heterocycles. The summed E-state index contributed by atoms with van der Waals surface area (Å²) in [6.45, 7) is 0. The number of halogens is 6. The van der Waals surface area contributed by atoms with Crippen LogP contribution >= 0.6 is 95.6 Å². The van der Waals surface area contributed by atoms with Crippen molar-refractivity contribution in [1.82, 2.24) is 4.98 Å². The average molecular weight is 581 g/mol. The maximum atomic E-state index is 4.43. The lowest BCUT2D eigenvalue weighted by molar-refractivity contribution is 1.06. The summed E-state index contributed by atoms with van der Waals surface area (Å²) >= 11 is 20.5. The molecule has 0 aliphatic rings. The Hall–Kier alpha value is 2.03. The fourth-order valence-corrected chi connectivity index (χ4v) is 2.08. The summed E-state index contributed by atoms with van der Waals surface area (Å²) in [6.07, 6.45) is 0. The molecule has 0 radical (unpaired) electrons. The molecule has 0 N–H and O–H groups in total. The molecule has 0 unspecified atom stereocenters. The van der Waals surface area contributed by atoms with Gasteiger partial charge in [0.15, 0.2) is 4.29 Å². The van der Waals surface area contributed by atoms with Crippen molar-refractivity contribution in [3.05, 3.63) is 29.6 Å². The van der Waals surface area contributed by atoms with Crippen molar-refractivity contribution < 1.29 is 0 Å². The first-order valence-electron chi connectivity index (χ1n) is 3.33. The maximum Gasteiger partial charge on any atom is 0.176 e. The van der Waals surface area contributed by atoms with Gasteiger partial charge < -0.3 is 0 Å². The summed E-state index contributed by atoms with van der Waals surface area (Å²) in [5.41, 5.74) is 1.66. The van der Waals surface area contributed by atoms with Crippen LogP contribution in [0, 0.1) is 0 Å². The minimum Gasteiger partial charge on any atom is -0.251 e. The SMILES string of the molecule is BrC(Br)(Br)c1cccc(C(Br)(Br)Br)n1. The molecule has 1 nitrogen and oxygen atoms in total. The van der Waals surface area contributed by atoms with Crippen molar-refractivity contribution in [2.45, 2.75) is 4.29 Å². The lowest BCUT2D eigenvalue weighted by Crippen LogP contribution is -2.08. The van der Waals surface area contributed by atoms with E-state index in [1.807, 2.05) is 18.2 Å². The van der Waals surface area contributed by atoms with Crippen LogP contribution in [-0.4, -0.2) is 4.98 Å². The number of aromatic nitrogens is 1. The fourth-order valence-electron chi connectivity index (χ4n) is 0.750. The molecule has 0 amide bonds. The molecule has 78 valence electrons. The Labute approximate surface area is 133 Å². The summed E-state index contributed by atoms with van der Waals surface area (Å²) in [5.74, 6) is 0. The standard InChI is InChI=1S/C7H3Br6N/c8-6(9,10)4-2-1-3-5(14-4)7(11,12)13/h1-3H. The average Bonchev–Trinajstić information content (AvgIpc) is 2.01. The second kappa shape index (κ2) is 5.12. The first-order chi connectivity index (χ1) is 6.21. The van der Waals surface area contributed by atoms with Crippen LogP contribution in [0.15, 0.2) is 18.2 Å². The van der Waals surface area contributed by atoms with Crippen LogP contribution in [0.4, 0.5) is 0 Å². The lowest BCUT2D eigenvalue weighted by atomic mass is 10.3. The lowest BCUT2D eigenvalue weighted by Gasteiger charge is -2.16. The molecule has 0 aromatic carbocycles. The highest BCUT2D eigenvalue weighted by molar-refractivity contribution is 9.39. The van der Waals surface area contributed by atoms with Crippen molar-refractivity contribution >= 4 is 95.6 Å². The molecular formula is C7H3Br6N. The van der Waals surface area contributed by atoms with Gasteiger partial charge in [-0.05, 0) is 12.1 Å². The zero-order chi connectivity index (χ0) is 11.0. The van der Waals surface area contributed by atoms with Crippen molar-refractivity contribution in [3.8, 4) is 0 Å². The summed E-state index contributed by atoms with van der Waals surface area (Å²) in [4.78, 5) is 4.43. The van der Waals surface area contributed by atoms with Crippen LogP contribution in [0.3, 0.4) is 0 Å². The second-order valence-electron chi connectivity index (χ2n) is 2.40. The Kier molecular flexibility index (Phi) is 5.16. The van der Waals surface area contributed by atoms with Crippen LogP contribution in [-0.2, 0) is 4.29 Å². The zero-order valence-corrected chi connectivity index (χ0v) is 16.0. The highest BCUT2D eigenvalue weighted by Gasteiger charge is 2.27. The van der Waals surface area contributed by atoms with Gasteiger partial charge in [0.25, 0.3) is 0 Å². The summed E-state index contributed by atoms with van der Waals surface area (Å²) in [7, 11) is 0. The molecule has 0 fully saturated rings. The molecule has 0 saturated carbocycles. The number of nitrogens with zero attached hydrogens (tertiary/aromatic N) is 1. The molecule has 0 aliphatic heterocycles. The number of alkyl halides is 6. The first-order valence-corrected chi connectivity index (χ1v) is 8.08. The Bertz CT molecular complexity index is 296. The van der Waals surface area contributed by atoms with E-state index in [4.69, 9.17) is 0 Å². The minimum atomic E-state index is -0.485. The van der Waals surface area contributed by atoms with Crippen LogP contribution in [0.2, 0.25) is 0 Å². The molecule has 1 heterocycles. The molecule has 14 heavy (non-hydrogen) atoms. The largest absolute Gasteiger partial charge is 0.251 e. The zero-order valence-electron chi connectivity index (χ0n) is 6.45. The number of pyridine rings is 1. The molecule has 1 aromatic rings. The van der Waals surface area contributed by atoms with Gasteiger partial charge in [0.05, 0.1) is 11.4 Å². The van der Waals surface area contributed by atoms with Gasteiger partial charge in [-0.1, -0.05) is 102 Å². The van der Waals surface area contributed by atoms with E-state index in [9.17, 15) is 0 Å². The van der Waals surface area contributed by atoms with E-state index < -0.39 is 4.29 Å². The van der Waals surface area contributed by atoms with Crippen LogP contribution in [0.25, 0.3) is 0 Å². The van der Waals surface area contributed by atoms with Crippen LogP contribution in [0.1, 0.15) is 11.4 Å². The van der Waals surface area contributed by atoms with Gasteiger partial charge in [-0.25, -0.2) is 0 Å². The Morgan fingerprint density at radius 3 is 1.43 bits per heavy atom. The van der Waals surface area contributed by atoms with Gasteiger partial charge in [-0.15, -0.1) is 0 Å².